The molecule has 0 spiro atoms. The fourth-order valence-corrected chi connectivity index (χ4v) is 2.16. The average molecular weight is 241 g/mol. The van der Waals surface area contributed by atoms with E-state index in [1.165, 1.54) is 11.3 Å². The van der Waals surface area contributed by atoms with Crippen LogP contribution in [-0.2, 0) is 10.4 Å². The molecule has 1 rings (SSSR count). The molecule has 1 aromatic rings. The molecule has 1 atom stereocenters. The number of carbonyl (C=O) groups excluding carboxylic acids is 1. The zero-order valence-electron chi connectivity index (χ0n) is 9.82. The number of amides is 1. The zero-order valence-corrected chi connectivity index (χ0v) is 10.6. The van der Waals surface area contributed by atoms with Crippen LogP contribution in [0.5, 0.6) is 0 Å². The lowest BCUT2D eigenvalue weighted by atomic mass is 10.1. The number of hydrogen-bond acceptors (Lipinski definition) is 3. The summed E-state index contributed by atoms with van der Waals surface area (Å²) in [6.45, 7) is 4.05. The van der Waals surface area contributed by atoms with Crippen LogP contribution >= 0.6 is 11.3 Å². The molecule has 2 N–H and O–H groups in total. The molecule has 1 amide bonds. The monoisotopic (exact) mass is 241 g/mol. The molecule has 1 heterocycles. The smallest absolute Gasteiger partial charge is 0.220 e. The Morgan fingerprint density at radius 2 is 2.38 bits per heavy atom. The van der Waals surface area contributed by atoms with Crippen LogP contribution in [0.2, 0.25) is 0 Å². The van der Waals surface area contributed by atoms with E-state index in [0.717, 1.165) is 17.7 Å². The van der Waals surface area contributed by atoms with Crippen LogP contribution in [0.25, 0.3) is 0 Å². The summed E-state index contributed by atoms with van der Waals surface area (Å²) in [5, 5.41) is 14.8. The maximum Gasteiger partial charge on any atom is 0.220 e. The van der Waals surface area contributed by atoms with Crippen LogP contribution in [0.15, 0.2) is 17.5 Å². The molecular weight excluding hydrogens is 222 g/mol. The molecule has 0 aliphatic heterocycles. The second-order valence-electron chi connectivity index (χ2n) is 4.13. The van der Waals surface area contributed by atoms with Crippen molar-refractivity contribution in [3.63, 3.8) is 0 Å². The standard InChI is InChI=1S/C12H19NO2S/c1-3-4-7-11(14)13-9-12(2,15)10-6-5-8-16-10/h5-6,8,15H,3-4,7,9H2,1-2H3,(H,13,14). The van der Waals surface area contributed by atoms with Crippen molar-refractivity contribution in [3.05, 3.63) is 22.4 Å². The van der Waals surface area contributed by atoms with Gasteiger partial charge in [0.1, 0.15) is 5.60 Å². The Hall–Kier alpha value is -0.870. The highest BCUT2D eigenvalue weighted by molar-refractivity contribution is 7.10. The van der Waals surface area contributed by atoms with Crippen molar-refractivity contribution in [2.75, 3.05) is 6.54 Å². The van der Waals surface area contributed by atoms with E-state index in [-0.39, 0.29) is 12.5 Å². The van der Waals surface area contributed by atoms with Gasteiger partial charge in [-0.1, -0.05) is 19.4 Å². The van der Waals surface area contributed by atoms with Gasteiger partial charge in [0.05, 0.1) is 6.54 Å². The third-order valence-electron chi connectivity index (χ3n) is 2.44. The fraction of sp³-hybridized carbons (Fsp3) is 0.583. The van der Waals surface area contributed by atoms with Gasteiger partial charge in [-0.25, -0.2) is 0 Å². The second-order valence-corrected chi connectivity index (χ2v) is 5.08. The quantitative estimate of drug-likeness (QED) is 0.802. The molecule has 0 bridgehead atoms. The minimum Gasteiger partial charge on any atom is -0.383 e. The predicted molar refractivity (Wildman–Crippen MR) is 66.4 cm³/mol. The molecule has 1 unspecified atom stereocenters. The number of carbonyl (C=O) groups is 1. The summed E-state index contributed by atoms with van der Waals surface area (Å²) in [6.07, 6.45) is 2.44. The molecular formula is C12H19NO2S. The van der Waals surface area contributed by atoms with Crippen molar-refractivity contribution in [2.45, 2.75) is 38.7 Å². The molecule has 1 aromatic heterocycles. The van der Waals surface area contributed by atoms with Crippen LogP contribution in [0, 0.1) is 0 Å². The lowest BCUT2D eigenvalue weighted by Gasteiger charge is -2.22. The van der Waals surface area contributed by atoms with Gasteiger partial charge >= 0.3 is 0 Å². The Morgan fingerprint density at radius 3 is 2.94 bits per heavy atom. The highest BCUT2D eigenvalue weighted by Crippen LogP contribution is 2.24. The predicted octanol–water partition coefficient (Wildman–Crippen LogP) is 2.26. The van der Waals surface area contributed by atoms with E-state index in [2.05, 4.69) is 12.2 Å². The Labute approximate surface area is 100 Å². The van der Waals surface area contributed by atoms with Crippen LogP contribution in [0.1, 0.15) is 38.0 Å². The fourth-order valence-electron chi connectivity index (χ4n) is 1.37. The minimum absolute atomic E-state index is 0.0127. The van der Waals surface area contributed by atoms with Gasteiger partial charge in [0.2, 0.25) is 5.91 Å². The maximum absolute atomic E-state index is 11.4. The number of thiophene rings is 1. The molecule has 0 aromatic carbocycles. The van der Waals surface area contributed by atoms with Crippen molar-refractivity contribution in [1.82, 2.24) is 5.32 Å². The molecule has 0 aliphatic rings. The van der Waals surface area contributed by atoms with Gasteiger partial charge in [-0.05, 0) is 24.8 Å². The summed E-state index contributed by atoms with van der Waals surface area (Å²) < 4.78 is 0. The van der Waals surface area contributed by atoms with Gasteiger partial charge in [0, 0.05) is 11.3 Å². The third kappa shape index (κ3) is 3.94. The summed E-state index contributed by atoms with van der Waals surface area (Å²) >= 11 is 1.50. The van der Waals surface area contributed by atoms with Crippen molar-refractivity contribution in [2.24, 2.45) is 0 Å². The number of hydrogen-bond donors (Lipinski definition) is 2. The van der Waals surface area contributed by atoms with Gasteiger partial charge in [0.25, 0.3) is 0 Å². The van der Waals surface area contributed by atoms with Crippen LogP contribution < -0.4 is 5.32 Å². The first kappa shape index (κ1) is 13.2. The van der Waals surface area contributed by atoms with E-state index < -0.39 is 5.60 Å². The van der Waals surface area contributed by atoms with E-state index in [1.54, 1.807) is 6.92 Å². The van der Waals surface area contributed by atoms with Crippen molar-refractivity contribution in [3.8, 4) is 0 Å². The molecule has 0 saturated heterocycles. The zero-order chi connectivity index (χ0) is 12.0. The summed E-state index contributed by atoms with van der Waals surface area (Å²) in [5.41, 5.74) is -0.962. The van der Waals surface area contributed by atoms with E-state index in [0.29, 0.717) is 6.42 Å². The van der Waals surface area contributed by atoms with Crippen molar-refractivity contribution < 1.29 is 9.90 Å². The van der Waals surface area contributed by atoms with Crippen molar-refractivity contribution >= 4 is 17.2 Å². The first-order chi connectivity index (χ1) is 7.56. The third-order valence-corrected chi connectivity index (χ3v) is 3.56. The Bertz CT molecular complexity index is 320. The average Bonchev–Trinajstić information content (AvgIpc) is 2.77. The molecule has 16 heavy (non-hydrogen) atoms. The molecule has 0 aliphatic carbocycles. The van der Waals surface area contributed by atoms with Gasteiger partial charge in [-0.2, -0.15) is 0 Å². The lowest BCUT2D eigenvalue weighted by Crippen LogP contribution is -2.37. The highest BCUT2D eigenvalue weighted by atomic mass is 32.1. The largest absolute Gasteiger partial charge is 0.383 e. The number of nitrogens with one attached hydrogen (secondary N) is 1. The summed E-state index contributed by atoms with van der Waals surface area (Å²) in [4.78, 5) is 12.3. The van der Waals surface area contributed by atoms with Crippen LogP contribution in [-0.4, -0.2) is 17.6 Å². The Morgan fingerprint density at radius 1 is 1.62 bits per heavy atom. The van der Waals surface area contributed by atoms with E-state index >= 15 is 0 Å². The van der Waals surface area contributed by atoms with Gasteiger partial charge in [0.15, 0.2) is 0 Å². The van der Waals surface area contributed by atoms with Crippen LogP contribution in [0.3, 0.4) is 0 Å². The number of rotatable bonds is 6. The number of aliphatic hydroxyl groups is 1. The highest BCUT2D eigenvalue weighted by Gasteiger charge is 2.24. The molecule has 0 fully saturated rings. The Balaban J connectivity index is 2.39. The van der Waals surface area contributed by atoms with E-state index in [1.807, 2.05) is 17.5 Å². The summed E-state index contributed by atoms with van der Waals surface area (Å²) in [5.74, 6) is 0.0127. The Kier molecular flexibility index (Phi) is 4.96. The number of unbranched alkanes of at least 4 members (excludes halogenated alkanes) is 1. The lowest BCUT2D eigenvalue weighted by molar-refractivity contribution is -0.122. The van der Waals surface area contributed by atoms with Crippen molar-refractivity contribution in [1.29, 1.82) is 0 Å². The normalized spacial score (nSPS) is 14.4. The minimum atomic E-state index is -0.962. The first-order valence-corrected chi connectivity index (χ1v) is 6.47. The van der Waals surface area contributed by atoms with Gasteiger partial charge in [-0.3, -0.25) is 4.79 Å². The van der Waals surface area contributed by atoms with E-state index in [4.69, 9.17) is 0 Å². The molecule has 4 heteroatoms. The maximum atomic E-state index is 11.4. The van der Waals surface area contributed by atoms with E-state index in [9.17, 15) is 9.90 Å². The topological polar surface area (TPSA) is 49.3 Å². The van der Waals surface area contributed by atoms with Gasteiger partial charge in [-0.15, -0.1) is 11.3 Å². The SMILES string of the molecule is CCCCC(=O)NCC(C)(O)c1cccs1. The molecule has 0 radical (unpaired) electrons. The molecule has 90 valence electrons. The van der Waals surface area contributed by atoms with Crippen LogP contribution in [0.4, 0.5) is 0 Å². The van der Waals surface area contributed by atoms with Gasteiger partial charge < -0.3 is 10.4 Å². The summed E-state index contributed by atoms with van der Waals surface area (Å²) in [6, 6.07) is 3.77. The second kappa shape index (κ2) is 6.01. The summed E-state index contributed by atoms with van der Waals surface area (Å²) in [7, 11) is 0. The first-order valence-electron chi connectivity index (χ1n) is 5.59. The molecule has 3 nitrogen and oxygen atoms in total. The molecule has 0 saturated carbocycles.